The van der Waals surface area contributed by atoms with Gasteiger partial charge in [0.15, 0.2) is 11.6 Å². The van der Waals surface area contributed by atoms with Crippen LogP contribution in [0.2, 0.25) is 0 Å². The number of carbonyl (C=O) groups excluding carboxylic acids is 1. The molecule has 1 aromatic heterocycles. The number of halogens is 3. The smallest absolute Gasteiger partial charge is 0.410 e. The second kappa shape index (κ2) is 8.08. The molecular weight excluding hydrogens is 383 g/mol. The Hall–Kier alpha value is -2.51. The molecule has 0 aliphatic carbocycles. The number of amides is 1. The van der Waals surface area contributed by atoms with Crippen LogP contribution in [0.5, 0.6) is 0 Å². The summed E-state index contributed by atoms with van der Waals surface area (Å²) in [6.07, 6.45) is 2.33. The van der Waals surface area contributed by atoms with Crippen molar-refractivity contribution in [2.75, 3.05) is 6.54 Å². The second-order valence-corrected chi connectivity index (χ2v) is 8.19. The van der Waals surface area contributed by atoms with Crippen molar-refractivity contribution >= 4 is 6.09 Å². The molecule has 1 aliphatic rings. The molecule has 1 unspecified atom stereocenters. The fourth-order valence-electron chi connectivity index (χ4n) is 3.68. The van der Waals surface area contributed by atoms with Crippen molar-refractivity contribution in [2.45, 2.75) is 65.1 Å². The highest BCUT2D eigenvalue weighted by molar-refractivity contribution is 5.69. The minimum Gasteiger partial charge on any atom is -0.444 e. The number of hydrogen-bond acceptors (Lipinski definition) is 3. The third-order valence-electron chi connectivity index (χ3n) is 4.95. The number of fused-ring (bicyclic) bond motifs is 1. The van der Waals surface area contributed by atoms with Crippen LogP contribution in [-0.2, 0) is 24.1 Å². The maximum absolute atomic E-state index is 14.1. The monoisotopic (exact) mass is 409 g/mol. The number of hydrogen-bond donors (Lipinski definition) is 0. The highest BCUT2D eigenvalue weighted by Crippen LogP contribution is 2.32. The van der Waals surface area contributed by atoms with Gasteiger partial charge in [0.05, 0.1) is 17.9 Å². The summed E-state index contributed by atoms with van der Waals surface area (Å²) < 4.78 is 48.8. The van der Waals surface area contributed by atoms with Crippen LogP contribution in [-0.4, -0.2) is 32.7 Å². The van der Waals surface area contributed by atoms with E-state index in [0.29, 0.717) is 19.2 Å². The highest BCUT2D eigenvalue weighted by atomic mass is 19.2. The number of benzene rings is 1. The lowest BCUT2D eigenvalue weighted by Gasteiger charge is -2.38. The zero-order chi connectivity index (χ0) is 21.3. The van der Waals surface area contributed by atoms with Gasteiger partial charge in [-0.1, -0.05) is 6.92 Å². The molecule has 8 heteroatoms. The first kappa shape index (κ1) is 21.2. The molecule has 1 aliphatic heterocycles. The molecule has 0 radical (unpaired) electrons. The Balaban J connectivity index is 1.90. The van der Waals surface area contributed by atoms with Crippen LogP contribution in [0, 0.1) is 17.5 Å². The summed E-state index contributed by atoms with van der Waals surface area (Å²) in [6.45, 7) is 8.35. The van der Waals surface area contributed by atoms with Gasteiger partial charge in [0, 0.05) is 25.6 Å². The summed E-state index contributed by atoms with van der Waals surface area (Å²) in [5.74, 6) is -2.21. The fourth-order valence-corrected chi connectivity index (χ4v) is 3.68. The first-order chi connectivity index (χ1) is 13.6. The van der Waals surface area contributed by atoms with Gasteiger partial charge in [-0.25, -0.2) is 22.9 Å². The van der Waals surface area contributed by atoms with E-state index >= 15 is 0 Å². The minimum atomic E-state index is -1.22. The number of carbonyl (C=O) groups is 1. The van der Waals surface area contributed by atoms with Crippen molar-refractivity contribution in [3.8, 4) is 0 Å². The number of aromatic nitrogens is 2. The van der Waals surface area contributed by atoms with Crippen molar-refractivity contribution in [2.24, 2.45) is 0 Å². The molecule has 3 rings (SSSR count). The molecule has 2 heterocycles. The molecule has 1 aromatic carbocycles. The summed E-state index contributed by atoms with van der Waals surface area (Å²) in [5, 5.41) is 0. The standard InChI is InChI=1S/C21H26F3N3O2/c1-5-18-25-12-17-16(7-6-13-10-14(22)11-15(23)19(13)24)27(9-8-26(17)18)20(28)29-21(2,3)4/h10-12,16H,5-9H2,1-4H3. The van der Waals surface area contributed by atoms with E-state index in [2.05, 4.69) is 4.98 Å². The zero-order valence-electron chi connectivity index (χ0n) is 17.1. The number of ether oxygens (including phenoxy) is 1. The van der Waals surface area contributed by atoms with Crippen molar-refractivity contribution < 1.29 is 22.7 Å². The maximum atomic E-state index is 14.1. The molecular formula is C21H26F3N3O2. The minimum absolute atomic E-state index is 0.0565. The van der Waals surface area contributed by atoms with Gasteiger partial charge in [-0.3, -0.25) is 4.90 Å². The van der Waals surface area contributed by atoms with Crippen LogP contribution in [0.1, 0.15) is 57.2 Å². The lowest BCUT2D eigenvalue weighted by atomic mass is 10.00. The Kier molecular flexibility index (Phi) is 5.91. The molecule has 1 amide bonds. The van der Waals surface area contributed by atoms with E-state index in [9.17, 15) is 18.0 Å². The maximum Gasteiger partial charge on any atom is 0.410 e. The van der Waals surface area contributed by atoms with E-state index in [-0.39, 0.29) is 18.4 Å². The van der Waals surface area contributed by atoms with Gasteiger partial charge in [0.1, 0.15) is 17.2 Å². The normalized spacial score (nSPS) is 16.7. The summed E-state index contributed by atoms with van der Waals surface area (Å²) in [7, 11) is 0. The lowest BCUT2D eigenvalue weighted by molar-refractivity contribution is 0.00944. The number of aryl methyl sites for hydroxylation is 2. The van der Waals surface area contributed by atoms with E-state index < -0.39 is 35.2 Å². The molecule has 0 fully saturated rings. The fraction of sp³-hybridized carbons (Fsp3) is 0.524. The molecule has 0 bridgehead atoms. The largest absolute Gasteiger partial charge is 0.444 e. The average Bonchev–Trinajstić information content (AvgIpc) is 3.05. The van der Waals surface area contributed by atoms with Gasteiger partial charge in [-0.2, -0.15) is 0 Å². The van der Waals surface area contributed by atoms with Crippen LogP contribution in [0.3, 0.4) is 0 Å². The molecule has 5 nitrogen and oxygen atoms in total. The molecule has 0 saturated carbocycles. The molecule has 0 spiro atoms. The molecule has 2 aromatic rings. The summed E-state index contributed by atoms with van der Waals surface area (Å²) in [4.78, 5) is 18.8. The van der Waals surface area contributed by atoms with Crippen molar-refractivity contribution in [3.05, 3.63) is 52.9 Å². The Morgan fingerprint density at radius 2 is 1.97 bits per heavy atom. The Labute approximate surface area is 168 Å². The van der Waals surface area contributed by atoms with Crippen molar-refractivity contribution in [3.63, 3.8) is 0 Å². The van der Waals surface area contributed by atoms with Gasteiger partial charge < -0.3 is 9.30 Å². The zero-order valence-corrected chi connectivity index (χ0v) is 17.1. The van der Waals surface area contributed by atoms with Crippen molar-refractivity contribution in [1.82, 2.24) is 14.5 Å². The number of rotatable bonds is 4. The lowest BCUT2D eigenvalue weighted by Crippen LogP contribution is -2.45. The SMILES string of the molecule is CCc1ncc2n1CCN(C(=O)OC(C)(C)C)C2CCc1cc(F)cc(F)c1F. The molecule has 0 saturated heterocycles. The molecule has 158 valence electrons. The molecule has 0 N–H and O–H groups in total. The van der Waals surface area contributed by atoms with Gasteiger partial charge in [-0.05, 0) is 45.2 Å². The number of nitrogens with zero attached hydrogens (tertiary/aromatic N) is 3. The summed E-state index contributed by atoms with van der Waals surface area (Å²) in [5.41, 5.74) is 0.0985. The Morgan fingerprint density at radius 3 is 2.62 bits per heavy atom. The van der Waals surface area contributed by atoms with Crippen LogP contribution in [0.25, 0.3) is 0 Å². The Bertz CT molecular complexity index is 905. The summed E-state index contributed by atoms with van der Waals surface area (Å²) in [6, 6.07) is 1.08. The first-order valence-electron chi connectivity index (χ1n) is 9.78. The van der Waals surface area contributed by atoms with Crippen LogP contribution >= 0.6 is 0 Å². The molecule has 1 atom stereocenters. The first-order valence-corrected chi connectivity index (χ1v) is 9.78. The van der Waals surface area contributed by atoms with E-state index in [1.807, 2.05) is 11.5 Å². The summed E-state index contributed by atoms with van der Waals surface area (Å²) >= 11 is 0. The van der Waals surface area contributed by atoms with Gasteiger partial charge in [-0.15, -0.1) is 0 Å². The average molecular weight is 409 g/mol. The highest BCUT2D eigenvalue weighted by Gasteiger charge is 2.35. The van der Waals surface area contributed by atoms with Crippen LogP contribution < -0.4 is 0 Å². The second-order valence-electron chi connectivity index (χ2n) is 8.19. The van der Waals surface area contributed by atoms with E-state index in [4.69, 9.17) is 4.74 Å². The quantitative estimate of drug-likeness (QED) is 0.683. The molecule has 29 heavy (non-hydrogen) atoms. The third kappa shape index (κ3) is 4.57. The predicted octanol–water partition coefficient (Wildman–Crippen LogP) is 4.79. The topological polar surface area (TPSA) is 47.4 Å². The number of imidazole rings is 1. The van der Waals surface area contributed by atoms with E-state index in [0.717, 1.165) is 24.0 Å². The van der Waals surface area contributed by atoms with Gasteiger partial charge >= 0.3 is 6.09 Å². The van der Waals surface area contributed by atoms with Gasteiger partial charge in [0.2, 0.25) is 0 Å². The van der Waals surface area contributed by atoms with E-state index in [1.54, 1.807) is 31.9 Å². The third-order valence-corrected chi connectivity index (χ3v) is 4.95. The predicted molar refractivity (Wildman–Crippen MR) is 102 cm³/mol. The van der Waals surface area contributed by atoms with Crippen LogP contribution in [0.4, 0.5) is 18.0 Å². The van der Waals surface area contributed by atoms with Gasteiger partial charge in [0.25, 0.3) is 0 Å². The van der Waals surface area contributed by atoms with Crippen LogP contribution in [0.15, 0.2) is 18.3 Å². The van der Waals surface area contributed by atoms with E-state index in [1.165, 1.54) is 0 Å². The van der Waals surface area contributed by atoms with Crippen molar-refractivity contribution in [1.29, 1.82) is 0 Å². The Morgan fingerprint density at radius 1 is 1.24 bits per heavy atom.